The van der Waals surface area contributed by atoms with Gasteiger partial charge in [0.25, 0.3) is 0 Å². The number of aromatic nitrogens is 1. The first-order valence-electron chi connectivity index (χ1n) is 5.93. The van der Waals surface area contributed by atoms with E-state index in [1.165, 1.54) is 10.9 Å². The molecule has 3 rings (SSSR count). The van der Waals surface area contributed by atoms with Crippen LogP contribution in [0.4, 0.5) is 0 Å². The zero-order valence-electron chi connectivity index (χ0n) is 10.1. The highest BCUT2D eigenvalue weighted by Gasteiger charge is 2.02. The Morgan fingerprint density at radius 2 is 1.67 bits per heavy atom. The van der Waals surface area contributed by atoms with Crippen LogP contribution in [0.2, 0.25) is 0 Å². The summed E-state index contributed by atoms with van der Waals surface area (Å²) in [5.41, 5.74) is 4.59. The number of para-hydroxylation sites is 1. The largest absolute Gasteiger partial charge is 0.346 e. The number of fused-ring (bicyclic) bond motifs is 1. The Morgan fingerprint density at radius 3 is 2.44 bits per heavy atom. The maximum absolute atomic E-state index is 5.44. The average molecular weight is 251 g/mol. The number of nitrogens with one attached hydrogen (secondary N) is 1. The molecule has 0 fully saturated rings. The number of benzene rings is 2. The highest BCUT2D eigenvalue weighted by atomic mass is 32.1. The quantitative estimate of drug-likeness (QED) is 0.610. The lowest BCUT2D eigenvalue weighted by Gasteiger charge is -2.05. The van der Waals surface area contributed by atoms with Gasteiger partial charge in [0.05, 0.1) is 0 Å². The first kappa shape index (κ1) is 11.2. The predicted molar refractivity (Wildman–Crippen MR) is 79.3 cm³/mol. The highest BCUT2D eigenvalue weighted by molar-refractivity contribution is 7.71. The van der Waals surface area contributed by atoms with Gasteiger partial charge in [-0.25, -0.2) is 0 Å². The van der Waals surface area contributed by atoms with Crippen LogP contribution < -0.4 is 0 Å². The van der Waals surface area contributed by atoms with Crippen LogP contribution in [-0.4, -0.2) is 4.98 Å². The summed E-state index contributed by atoms with van der Waals surface area (Å²) in [5, 5.41) is 1.18. The molecule has 1 N–H and O–H groups in total. The maximum Gasteiger partial charge on any atom is 0.111 e. The fourth-order valence-corrected chi connectivity index (χ4v) is 2.38. The van der Waals surface area contributed by atoms with Crippen LogP contribution in [-0.2, 0) is 0 Å². The molecule has 2 aromatic carbocycles. The number of pyridine rings is 1. The summed E-state index contributed by atoms with van der Waals surface area (Å²) in [7, 11) is 0. The van der Waals surface area contributed by atoms with Gasteiger partial charge in [0.15, 0.2) is 0 Å². The molecular weight excluding hydrogens is 238 g/mol. The van der Waals surface area contributed by atoms with Crippen LogP contribution in [0, 0.1) is 11.6 Å². The monoisotopic (exact) mass is 251 g/mol. The van der Waals surface area contributed by atoms with E-state index in [4.69, 9.17) is 12.2 Å². The van der Waals surface area contributed by atoms with E-state index in [0.717, 1.165) is 21.3 Å². The SMILES string of the molecule is Cc1ccc(-c2cc3ccccc3[nH]c2=S)cc1. The van der Waals surface area contributed by atoms with Gasteiger partial charge in [0.1, 0.15) is 4.64 Å². The molecule has 0 bridgehead atoms. The first-order chi connectivity index (χ1) is 8.74. The van der Waals surface area contributed by atoms with Crippen molar-refractivity contribution in [1.29, 1.82) is 0 Å². The molecular formula is C16H13NS. The molecule has 0 saturated carbocycles. The Hall–Kier alpha value is -1.93. The molecule has 0 radical (unpaired) electrons. The molecule has 0 saturated heterocycles. The third-order valence-corrected chi connectivity index (χ3v) is 3.44. The molecule has 1 nitrogen and oxygen atoms in total. The van der Waals surface area contributed by atoms with Gasteiger partial charge >= 0.3 is 0 Å². The third-order valence-electron chi connectivity index (χ3n) is 3.12. The summed E-state index contributed by atoms with van der Waals surface area (Å²) in [6, 6.07) is 18.8. The van der Waals surface area contributed by atoms with Crippen LogP contribution in [0.1, 0.15) is 5.56 Å². The van der Waals surface area contributed by atoms with Crippen molar-refractivity contribution in [2.45, 2.75) is 6.92 Å². The van der Waals surface area contributed by atoms with Gasteiger partial charge in [0.2, 0.25) is 0 Å². The Morgan fingerprint density at radius 1 is 0.944 bits per heavy atom. The van der Waals surface area contributed by atoms with Crippen molar-refractivity contribution in [3.05, 3.63) is 64.8 Å². The Bertz CT molecular complexity index is 754. The second-order valence-electron chi connectivity index (χ2n) is 4.47. The van der Waals surface area contributed by atoms with Gasteiger partial charge in [-0.2, -0.15) is 0 Å². The van der Waals surface area contributed by atoms with Gasteiger partial charge in [-0.15, -0.1) is 0 Å². The van der Waals surface area contributed by atoms with E-state index in [1.54, 1.807) is 0 Å². The second-order valence-corrected chi connectivity index (χ2v) is 4.87. The van der Waals surface area contributed by atoms with E-state index in [1.807, 2.05) is 18.2 Å². The molecule has 0 atom stereocenters. The number of aromatic amines is 1. The summed E-state index contributed by atoms with van der Waals surface area (Å²) < 4.78 is 0.789. The van der Waals surface area contributed by atoms with Crippen LogP contribution in [0.5, 0.6) is 0 Å². The molecule has 0 spiro atoms. The van der Waals surface area contributed by atoms with Gasteiger partial charge < -0.3 is 4.98 Å². The van der Waals surface area contributed by atoms with Gasteiger partial charge in [-0.1, -0.05) is 60.2 Å². The van der Waals surface area contributed by atoms with Crippen molar-refractivity contribution >= 4 is 23.1 Å². The molecule has 3 aromatic rings. The molecule has 1 heterocycles. The van der Waals surface area contributed by atoms with E-state index < -0.39 is 0 Å². The molecule has 88 valence electrons. The van der Waals surface area contributed by atoms with E-state index in [-0.39, 0.29) is 0 Å². The first-order valence-corrected chi connectivity index (χ1v) is 6.34. The highest BCUT2D eigenvalue weighted by Crippen LogP contribution is 2.24. The van der Waals surface area contributed by atoms with Crippen molar-refractivity contribution in [2.75, 3.05) is 0 Å². The molecule has 0 aliphatic carbocycles. The molecule has 1 aromatic heterocycles. The summed E-state index contributed by atoms with van der Waals surface area (Å²) in [6.07, 6.45) is 0. The summed E-state index contributed by atoms with van der Waals surface area (Å²) >= 11 is 5.44. The van der Waals surface area contributed by atoms with Gasteiger partial charge in [-0.3, -0.25) is 0 Å². The molecule has 0 unspecified atom stereocenters. The molecule has 0 aliphatic heterocycles. The van der Waals surface area contributed by atoms with E-state index in [9.17, 15) is 0 Å². The van der Waals surface area contributed by atoms with E-state index in [0.29, 0.717) is 0 Å². The number of H-pyrrole nitrogens is 1. The van der Waals surface area contributed by atoms with Gasteiger partial charge in [-0.05, 0) is 30.0 Å². The summed E-state index contributed by atoms with van der Waals surface area (Å²) in [4.78, 5) is 3.29. The third kappa shape index (κ3) is 1.95. The zero-order chi connectivity index (χ0) is 12.5. The molecule has 2 heteroatoms. The van der Waals surface area contributed by atoms with Crippen molar-refractivity contribution < 1.29 is 0 Å². The fraction of sp³-hybridized carbons (Fsp3) is 0.0625. The van der Waals surface area contributed by atoms with E-state index in [2.05, 4.69) is 48.3 Å². The van der Waals surface area contributed by atoms with Crippen LogP contribution in [0.25, 0.3) is 22.0 Å². The second kappa shape index (κ2) is 4.39. The Kier molecular flexibility index (Phi) is 2.73. The van der Waals surface area contributed by atoms with Gasteiger partial charge in [0, 0.05) is 11.1 Å². The Balaban J connectivity index is 2.26. The van der Waals surface area contributed by atoms with Crippen LogP contribution in [0.3, 0.4) is 0 Å². The predicted octanol–water partition coefficient (Wildman–Crippen LogP) is 4.87. The lowest BCUT2D eigenvalue weighted by atomic mass is 10.0. The standard InChI is InChI=1S/C16H13NS/c1-11-6-8-12(9-7-11)14-10-13-4-2-3-5-15(13)17-16(14)18/h2-10H,1H3,(H,17,18). The number of rotatable bonds is 1. The van der Waals surface area contributed by atoms with Crippen LogP contribution in [0.15, 0.2) is 54.6 Å². The number of hydrogen-bond donors (Lipinski definition) is 1. The average Bonchev–Trinajstić information content (AvgIpc) is 2.39. The fourth-order valence-electron chi connectivity index (χ4n) is 2.09. The van der Waals surface area contributed by atoms with Crippen LogP contribution >= 0.6 is 12.2 Å². The van der Waals surface area contributed by atoms with Crippen molar-refractivity contribution in [3.63, 3.8) is 0 Å². The minimum absolute atomic E-state index is 0.789. The zero-order valence-corrected chi connectivity index (χ0v) is 10.9. The topological polar surface area (TPSA) is 15.8 Å². The summed E-state index contributed by atoms with van der Waals surface area (Å²) in [6.45, 7) is 2.09. The molecule has 0 aliphatic rings. The lowest BCUT2D eigenvalue weighted by molar-refractivity contribution is 1.37. The van der Waals surface area contributed by atoms with Crippen molar-refractivity contribution in [1.82, 2.24) is 4.98 Å². The maximum atomic E-state index is 5.44. The normalized spacial score (nSPS) is 10.7. The van der Waals surface area contributed by atoms with Crippen molar-refractivity contribution in [2.24, 2.45) is 0 Å². The van der Waals surface area contributed by atoms with Crippen molar-refractivity contribution in [3.8, 4) is 11.1 Å². The number of hydrogen-bond acceptors (Lipinski definition) is 1. The lowest BCUT2D eigenvalue weighted by Crippen LogP contribution is -1.85. The molecule has 0 amide bonds. The number of aryl methyl sites for hydroxylation is 1. The summed E-state index contributed by atoms with van der Waals surface area (Å²) in [5.74, 6) is 0. The smallest absolute Gasteiger partial charge is 0.111 e. The molecule has 18 heavy (non-hydrogen) atoms. The Labute approximate surface area is 111 Å². The van der Waals surface area contributed by atoms with E-state index >= 15 is 0 Å². The minimum Gasteiger partial charge on any atom is -0.346 e. The minimum atomic E-state index is 0.789.